The standard InChI is InChI=1S/C29H23N3O8/c33-22(34)16-29(28(37)38)24-23(26(35)31(27(24)36)20-7-4-8-21(15-20)32(39)40)25(30-29)19-13-11-18(12-14-19)10-9-17-5-2-1-3-6-17/h1-15,23-25,30H,16H2,(H,33,34)(H,37,38). The van der Waals surface area contributed by atoms with Gasteiger partial charge < -0.3 is 10.2 Å². The number of nitrogens with zero attached hydrogens (tertiary/aromatic N) is 2. The van der Waals surface area contributed by atoms with Gasteiger partial charge >= 0.3 is 11.9 Å². The average molecular weight is 542 g/mol. The zero-order valence-electron chi connectivity index (χ0n) is 20.8. The Labute approximate surface area is 227 Å². The molecule has 2 heterocycles. The molecule has 3 aromatic carbocycles. The highest BCUT2D eigenvalue weighted by molar-refractivity contribution is 6.24. The van der Waals surface area contributed by atoms with E-state index in [-0.39, 0.29) is 11.4 Å². The first kappa shape index (κ1) is 26.4. The number of non-ortho nitro benzene ring substituents is 1. The molecule has 11 heteroatoms. The number of anilines is 1. The van der Waals surface area contributed by atoms with Gasteiger partial charge in [0.2, 0.25) is 11.8 Å². The molecule has 0 bridgehead atoms. The van der Waals surface area contributed by atoms with Crippen LogP contribution in [0.5, 0.6) is 0 Å². The summed E-state index contributed by atoms with van der Waals surface area (Å²) in [5, 5.41) is 33.9. The van der Waals surface area contributed by atoms with Gasteiger partial charge in [-0.1, -0.05) is 72.8 Å². The molecule has 11 nitrogen and oxygen atoms in total. The fourth-order valence-corrected chi connectivity index (χ4v) is 5.53. The van der Waals surface area contributed by atoms with Crippen LogP contribution in [0.3, 0.4) is 0 Å². The number of hydrogen-bond donors (Lipinski definition) is 3. The lowest BCUT2D eigenvalue weighted by molar-refractivity contribution is -0.384. The van der Waals surface area contributed by atoms with Gasteiger partial charge in [-0.2, -0.15) is 0 Å². The number of carboxylic acids is 2. The predicted molar refractivity (Wildman–Crippen MR) is 143 cm³/mol. The summed E-state index contributed by atoms with van der Waals surface area (Å²) in [5.74, 6) is -7.57. The van der Waals surface area contributed by atoms with E-state index in [4.69, 9.17) is 0 Å². The van der Waals surface area contributed by atoms with Crippen molar-refractivity contribution < 1.29 is 34.3 Å². The lowest BCUT2D eigenvalue weighted by Gasteiger charge is -2.29. The normalized spacial score (nSPS) is 23.9. The highest BCUT2D eigenvalue weighted by Gasteiger charge is 2.69. The zero-order valence-corrected chi connectivity index (χ0v) is 20.8. The minimum atomic E-state index is -2.28. The monoisotopic (exact) mass is 541 g/mol. The Bertz CT molecular complexity index is 1550. The van der Waals surface area contributed by atoms with E-state index in [1.807, 2.05) is 42.5 Å². The second-order valence-electron chi connectivity index (χ2n) is 9.67. The molecule has 2 aliphatic rings. The number of nitrogens with one attached hydrogen (secondary N) is 1. The van der Waals surface area contributed by atoms with Gasteiger partial charge in [-0.3, -0.25) is 34.6 Å². The second kappa shape index (κ2) is 10.2. The van der Waals surface area contributed by atoms with Crippen molar-refractivity contribution in [1.82, 2.24) is 5.32 Å². The summed E-state index contributed by atoms with van der Waals surface area (Å²) >= 11 is 0. The van der Waals surface area contributed by atoms with E-state index < -0.39 is 58.5 Å². The molecule has 2 amide bonds. The van der Waals surface area contributed by atoms with E-state index in [2.05, 4.69) is 5.32 Å². The first-order valence-electron chi connectivity index (χ1n) is 12.3. The third kappa shape index (κ3) is 4.52. The number of carbonyl (C=O) groups excluding carboxylic acids is 2. The van der Waals surface area contributed by atoms with Gasteiger partial charge in [-0.05, 0) is 22.8 Å². The fraction of sp³-hybridized carbons (Fsp3) is 0.172. The fourth-order valence-electron chi connectivity index (χ4n) is 5.53. The Balaban J connectivity index is 1.54. The summed E-state index contributed by atoms with van der Waals surface area (Å²) in [6.45, 7) is 0. The summed E-state index contributed by atoms with van der Waals surface area (Å²) in [4.78, 5) is 63.1. The van der Waals surface area contributed by atoms with E-state index in [9.17, 15) is 39.5 Å². The molecule has 2 fully saturated rings. The van der Waals surface area contributed by atoms with Gasteiger partial charge in [0.25, 0.3) is 5.69 Å². The number of nitro groups is 1. The number of amides is 2. The maximum absolute atomic E-state index is 13.7. The van der Waals surface area contributed by atoms with Crippen molar-refractivity contribution in [2.75, 3.05) is 4.90 Å². The maximum atomic E-state index is 13.7. The summed E-state index contributed by atoms with van der Waals surface area (Å²) in [7, 11) is 0. The smallest absolute Gasteiger partial charge is 0.325 e. The van der Waals surface area contributed by atoms with Crippen molar-refractivity contribution >= 4 is 47.3 Å². The number of rotatable bonds is 8. The molecule has 0 aromatic heterocycles. The molecule has 0 spiro atoms. The number of nitro benzene ring substituents is 1. The highest BCUT2D eigenvalue weighted by atomic mass is 16.6. The van der Waals surface area contributed by atoms with Gasteiger partial charge in [-0.15, -0.1) is 0 Å². The molecule has 4 atom stereocenters. The van der Waals surface area contributed by atoms with Crippen LogP contribution < -0.4 is 10.2 Å². The topological polar surface area (TPSA) is 167 Å². The molecule has 0 saturated carbocycles. The van der Waals surface area contributed by atoms with Crippen molar-refractivity contribution in [3.63, 3.8) is 0 Å². The summed E-state index contributed by atoms with van der Waals surface area (Å²) in [5.41, 5.74) is -0.433. The average Bonchev–Trinajstić information content (AvgIpc) is 3.41. The Hall–Kier alpha value is -5.16. The summed E-state index contributed by atoms with van der Waals surface area (Å²) < 4.78 is 0. The minimum Gasteiger partial charge on any atom is -0.481 e. The van der Waals surface area contributed by atoms with Crippen LogP contribution in [0.15, 0.2) is 78.9 Å². The lowest BCUT2D eigenvalue weighted by Crippen LogP contribution is -2.57. The molecule has 2 saturated heterocycles. The van der Waals surface area contributed by atoms with Crippen molar-refractivity contribution in [1.29, 1.82) is 0 Å². The summed E-state index contributed by atoms with van der Waals surface area (Å²) in [6.07, 6.45) is 2.83. The van der Waals surface area contributed by atoms with Crippen molar-refractivity contribution in [2.24, 2.45) is 11.8 Å². The number of carbonyl (C=O) groups is 4. The molecule has 3 N–H and O–H groups in total. The number of carboxylic acid groups (broad SMARTS) is 2. The lowest BCUT2D eigenvalue weighted by atomic mass is 9.77. The molecule has 0 radical (unpaired) electrons. The Kier molecular flexibility index (Phi) is 6.74. The van der Waals surface area contributed by atoms with Crippen LogP contribution in [-0.4, -0.2) is 44.4 Å². The molecule has 0 aliphatic carbocycles. The van der Waals surface area contributed by atoms with Crippen LogP contribution >= 0.6 is 0 Å². The van der Waals surface area contributed by atoms with Crippen molar-refractivity contribution in [3.05, 3.63) is 106 Å². The quantitative estimate of drug-likeness (QED) is 0.167. The predicted octanol–water partition coefficient (Wildman–Crippen LogP) is 3.51. The van der Waals surface area contributed by atoms with Crippen LogP contribution in [0.4, 0.5) is 11.4 Å². The van der Waals surface area contributed by atoms with Crippen LogP contribution in [0.25, 0.3) is 12.2 Å². The van der Waals surface area contributed by atoms with E-state index in [1.165, 1.54) is 18.2 Å². The van der Waals surface area contributed by atoms with Crippen LogP contribution in [-0.2, 0) is 19.2 Å². The third-order valence-electron chi connectivity index (χ3n) is 7.33. The van der Waals surface area contributed by atoms with Gasteiger partial charge in [0.15, 0.2) is 0 Å². The van der Waals surface area contributed by atoms with Crippen molar-refractivity contribution in [2.45, 2.75) is 18.0 Å². The number of imide groups is 1. The Morgan fingerprint density at radius 2 is 1.57 bits per heavy atom. The summed E-state index contributed by atoms with van der Waals surface area (Å²) in [6, 6.07) is 20.4. The largest absolute Gasteiger partial charge is 0.481 e. The molecule has 5 rings (SSSR count). The number of aliphatic carboxylic acids is 2. The first-order valence-corrected chi connectivity index (χ1v) is 12.3. The first-order chi connectivity index (χ1) is 19.1. The molecule has 40 heavy (non-hydrogen) atoms. The van der Waals surface area contributed by atoms with E-state index in [0.29, 0.717) is 5.56 Å². The molecule has 4 unspecified atom stereocenters. The minimum absolute atomic E-state index is 0.0895. The molecule has 3 aromatic rings. The van der Waals surface area contributed by atoms with Crippen molar-refractivity contribution in [3.8, 4) is 0 Å². The number of hydrogen-bond acceptors (Lipinski definition) is 7. The third-order valence-corrected chi connectivity index (χ3v) is 7.33. The van der Waals surface area contributed by atoms with E-state index in [1.54, 1.807) is 24.3 Å². The van der Waals surface area contributed by atoms with Gasteiger partial charge in [0.1, 0.15) is 5.54 Å². The van der Waals surface area contributed by atoms with Gasteiger partial charge in [0.05, 0.1) is 28.9 Å². The van der Waals surface area contributed by atoms with Crippen LogP contribution in [0, 0.1) is 22.0 Å². The molecular formula is C29H23N3O8. The zero-order chi connectivity index (χ0) is 28.6. The maximum Gasteiger partial charge on any atom is 0.325 e. The number of fused-ring (bicyclic) bond motifs is 1. The Morgan fingerprint density at radius 3 is 2.17 bits per heavy atom. The van der Waals surface area contributed by atoms with Gasteiger partial charge in [0, 0.05) is 18.2 Å². The Morgan fingerprint density at radius 1 is 0.925 bits per heavy atom. The van der Waals surface area contributed by atoms with E-state index >= 15 is 0 Å². The SMILES string of the molecule is O=C(O)CC1(C(=O)O)NC(c2ccc(C=Cc3ccccc3)cc2)C2C(=O)N(c3cccc([N+](=O)[O-])c3)C(=O)C21. The van der Waals surface area contributed by atoms with Crippen LogP contribution in [0.1, 0.15) is 29.2 Å². The van der Waals surface area contributed by atoms with Gasteiger partial charge in [-0.25, -0.2) is 4.90 Å². The van der Waals surface area contributed by atoms with Crippen LogP contribution in [0.2, 0.25) is 0 Å². The molecule has 202 valence electrons. The molecular weight excluding hydrogens is 518 g/mol. The highest BCUT2D eigenvalue weighted by Crippen LogP contribution is 2.51. The second-order valence-corrected chi connectivity index (χ2v) is 9.67. The number of benzene rings is 3. The van der Waals surface area contributed by atoms with E-state index in [0.717, 1.165) is 22.1 Å². The molecule has 2 aliphatic heterocycles.